The molecular formula is C20H21N3O. The van der Waals surface area contributed by atoms with E-state index in [9.17, 15) is 5.11 Å². The number of aromatic nitrogens is 2. The minimum Gasteiger partial charge on any atom is -0.398 e. The Bertz CT molecular complexity index is 979. The van der Waals surface area contributed by atoms with Gasteiger partial charge >= 0.3 is 0 Å². The maximum atomic E-state index is 10.3. The fourth-order valence-electron chi connectivity index (χ4n) is 3.82. The van der Waals surface area contributed by atoms with Gasteiger partial charge in [0, 0.05) is 46.0 Å². The SMILES string of the molecule is Cc1cc2cc(-c3cnc4c(c3C)[C@@H](O)CC4)c(C)c(N)c2cn1. The van der Waals surface area contributed by atoms with Gasteiger partial charge in [0.15, 0.2) is 0 Å². The molecule has 3 aromatic rings. The van der Waals surface area contributed by atoms with E-state index in [1.165, 1.54) is 0 Å². The molecule has 1 aliphatic carbocycles. The Labute approximate surface area is 141 Å². The lowest BCUT2D eigenvalue weighted by atomic mass is 9.91. The van der Waals surface area contributed by atoms with Crippen molar-refractivity contribution in [3.8, 4) is 11.1 Å². The quantitative estimate of drug-likeness (QED) is 0.670. The number of aliphatic hydroxyl groups is 1. The Morgan fingerprint density at radius 2 is 1.83 bits per heavy atom. The first-order chi connectivity index (χ1) is 11.5. The molecule has 24 heavy (non-hydrogen) atoms. The summed E-state index contributed by atoms with van der Waals surface area (Å²) in [6.45, 7) is 6.09. The molecule has 1 atom stereocenters. The second kappa shape index (κ2) is 5.28. The number of nitrogens with zero attached hydrogens (tertiary/aromatic N) is 2. The fourth-order valence-corrected chi connectivity index (χ4v) is 3.82. The summed E-state index contributed by atoms with van der Waals surface area (Å²) >= 11 is 0. The molecule has 0 bridgehead atoms. The highest BCUT2D eigenvalue weighted by molar-refractivity contribution is 5.99. The Hall–Kier alpha value is -2.46. The number of pyridine rings is 2. The van der Waals surface area contributed by atoms with Gasteiger partial charge in [0.2, 0.25) is 0 Å². The van der Waals surface area contributed by atoms with E-state index in [2.05, 4.69) is 29.0 Å². The summed E-state index contributed by atoms with van der Waals surface area (Å²) in [5.41, 5.74) is 14.4. The zero-order valence-corrected chi connectivity index (χ0v) is 14.2. The summed E-state index contributed by atoms with van der Waals surface area (Å²) in [5, 5.41) is 12.4. The van der Waals surface area contributed by atoms with Crippen LogP contribution in [-0.4, -0.2) is 15.1 Å². The Morgan fingerprint density at radius 3 is 2.62 bits per heavy atom. The highest BCUT2D eigenvalue weighted by Crippen LogP contribution is 2.40. The van der Waals surface area contributed by atoms with Gasteiger partial charge in [0.05, 0.1) is 6.10 Å². The fraction of sp³-hybridized carbons (Fsp3) is 0.300. The average Bonchev–Trinajstić information content (AvgIpc) is 2.93. The summed E-state index contributed by atoms with van der Waals surface area (Å²) < 4.78 is 0. The molecule has 0 aliphatic heterocycles. The van der Waals surface area contributed by atoms with Gasteiger partial charge in [-0.2, -0.15) is 0 Å². The van der Waals surface area contributed by atoms with Crippen LogP contribution in [0.2, 0.25) is 0 Å². The normalized spacial score (nSPS) is 16.6. The smallest absolute Gasteiger partial charge is 0.0814 e. The van der Waals surface area contributed by atoms with E-state index in [1.807, 2.05) is 26.2 Å². The maximum absolute atomic E-state index is 10.3. The number of nitrogen functional groups attached to an aromatic ring is 1. The van der Waals surface area contributed by atoms with E-state index in [0.29, 0.717) is 0 Å². The number of rotatable bonds is 1. The lowest BCUT2D eigenvalue weighted by Crippen LogP contribution is -2.01. The van der Waals surface area contributed by atoms with Gasteiger partial charge in [-0.1, -0.05) is 0 Å². The van der Waals surface area contributed by atoms with Crippen LogP contribution in [0.25, 0.3) is 21.9 Å². The minimum absolute atomic E-state index is 0.406. The molecule has 0 fully saturated rings. The van der Waals surface area contributed by atoms with Gasteiger partial charge < -0.3 is 10.8 Å². The van der Waals surface area contributed by atoms with Crippen LogP contribution in [0, 0.1) is 20.8 Å². The number of nitrogens with two attached hydrogens (primary N) is 1. The highest BCUT2D eigenvalue weighted by Gasteiger charge is 2.25. The van der Waals surface area contributed by atoms with Crippen molar-refractivity contribution in [1.29, 1.82) is 0 Å². The molecule has 0 unspecified atom stereocenters. The van der Waals surface area contributed by atoms with E-state index in [0.717, 1.165) is 68.5 Å². The lowest BCUT2D eigenvalue weighted by Gasteiger charge is -2.17. The van der Waals surface area contributed by atoms with E-state index in [1.54, 1.807) is 0 Å². The van der Waals surface area contributed by atoms with Crippen LogP contribution in [0.3, 0.4) is 0 Å². The average molecular weight is 319 g/mol. The number of anilines is 1. The summed E-state index contributed by atoms with van der Waals surface area (Å²) in [7, 11) is 0. The molecule has 0 radical (unpaired) electrons. The van der Waals surface area contributed by atoms with Crippen molar-refractivity contribution in [2.75, 3.05) is 5.73 Å². The molecule has 1 aromatic carbocycles. The van der Waals surface area contributed by atoms with E-state index >= 15 is 0 Å². The molecule has 0 spiro atoms. The first-order valence-corrected chi connectivity index (χ1v) is 8.29. The Kier molecular flexibility index (Phi) is 3.32. The van der Waals surface area contributed by atoms with Crippen molar-refractivity contribution in [3.63, 3.8) is 0 Å². The first-order valence-electron chi connectivity index (χ1n) is 8.29. The number of hydrogen-bond donors (Lipinski definition) is 2. The largest absolute Gasteiger partial charge is 0.398 e. The van der Waals surface area contributed by atoms with Crippen LogP contribution in [0.4, 0.5) is 5.69 Å². The minimum atomic E-state index is -0.406. The zero-order chi connectivity index (χ0) is 17.0. The second-order valence-corrected chi connectivity index (χ2v) is 6.72. The van der Waals surface area contributed by atoms with Crippen molar-refractivity contribution in [2.24, 2.45) is 0 Å². The molecular weight excluding hydrogens is 298 g/mol. The molecule has 0 saturated heterocycles. The van der Waals surface area contributed by atoms with Crippen molar-refractivity contribution in [3.05, 3.63) is 52.6 Å². The van der Waals surface area contributed by atoms with E-state index in [-0.39, 0.29) is 0 Å². The number of fused-ring (bicyclic) bond motifs is 2. The van der Waals surface area contributed by atoms with Gasteiger partial charge in [0.1, 0.15) is 0 Å². The molecule has 0 amide bonds. The van der Waals surface area contributed by atoms with Crippen LogP contribution in [0.1, 0.15) is 40.6 Å². The van der Waals surface area contributed by atoms with Crippen molar-refractivity contribution >= 4 is 16.5 Å². The van der Waals surface area contributed by atoms with Crippen molar-refractivity contribution < 1.29 is 5.11 Å². The van der Waals surface area contributed by atoms with Gasteiger partial charge in [-0.05, 0) is 67.8 Å². The number of aryl methyl sites for hydroxylation is 2. The van der Waals surface area contributed by atoms with Gasteiger partial charge in [-0.25, -0.2) is 0 Å². The zero-order valence-electron chi connectivity index (χ0n) is 14.2. The second-order valence-electron chi connectivity index (χ2n) is 6.72. The third kappa shape index (κ3) is 2.10. The topological polar surface area (TPSA) is 72.0 Å². The summed E-state index contributed by atoms with van der Waals surface area (Å²) in [6, 6.07) is 4.22. The lowest BCUT2D eigenvalue weighted by molar-refractivity contribution is 0.179. The molecule has 2 aromatic heterocycles. The molecule has 2 heterocycles. The molecule has 1 aliphatic rings. The van der Waals surface area contributed by atoms with Crippen molar-refractivity contribution in [1.82, 2.24) is 9.97 Å². The van der Waals surface area contributed by atoms with Crippen LogP contribution in [0.15, 0.2) is 24.5 Å². The standard InChI is InChI=1S/C20H21N3O/c1-10-6-13-7-14(12(3)20(21)16(13)9-22-10)15-8-23-17-4-5-18(24)19(17)11(15)2/h6-9,18,24H,4-5,21H2,1-3H3/t18-/m0/s1. The van der Waals surface area contributed by atoms with Gasteiger partial charge in [0.25, 0.3) is 0 Å². The maximum Gasteiger partial charge on any atom is 0.0814 e. The molecule has 3 N–H and O–H groups in total. The monoisotopic (exact) mass is 319 g/mol. The van der Waals surface area contributed by atoms with E-state index in [4.69, 9.17) is 5.73 Å². The highest BCUT2D eigenvalue weighted by atomic mass is 16.3. The molecule has 122 valence electrons. The van der Waals surface area contributed by atoms with Crippen LogP contribution in [0.5, 0.6) is 0 Å². The Balaban J connectivity index is 2.01. The molecule has 0 saturated carbocycles. The summed E-state index contributed by atoms with van der Waals surface area (Å²) in [6.07, 6.45) is 4.97. The number of hydrogen-bond acceptors (Lipinski definition) is 4. The van der Waals surface area contributed by atoms with Gasteiger partial charge in [-0.3, -0.25) is 9.97 Å². The number of benzene rings is 1. The van der Waals surface area contributed by atoms with Crippen LogP contribution < -0.4 is 5.73 Å². The molecule has 4 nitrogen and oxygen atoms in total. The number of aliphatic hydroxyl groups excluding tert-OH is 1. The first kappa shape index (κ1) is 15.1. The van der Waals surface area contributed by atoms with Gasteiger partial charge in [-0.15, -0.1) is 0 Å². The molecule has 4 rings (SSSR count). The predicted octanol–water partition coefficient (Wildman–Crippen LogP) is 3.78. The summed E-state index contributed by atoms with van der Waals surface area (Å²) in [4.78, 5) is 8.96. The van der Waals surface area contributed by atoms with Crippen LogP contribution >= 0.6 is 0 Å². The predicted molar refractivity (Wildman–Crippen MR) is 96.9 cm³/mol. The van der Waals surface area contributed by atoms with Crippen LogP contribution in [-0.2, 0) is 6.42 Å². The molecule has 4 heteroatoms. The Morgan fingerprint density at radius 1 is 1.04 bits per heavy atom. The van der Waals surface area contributed by atoms with Crippen molar-refractivity contribution in [2.45, 2.75) is 39.7 Å². The third-order valence-electron chi connectivity index (χ3n) is 5.22. The third-order valence-corrected chi connectivity index (χ3v) is 5.22. The summed E-state index contributed by atoms with van der Waals surface area (Å²) in [5.74, 6) is 0. The van der Waals surface area contributed by atoms with E-state index < -0.39 is 6.10 Å².